The first-order chi connectivity index (χ1) is 10.1. The number of esters is 1. The number of ether oxygens (including phenoxy) is 2. The minimum Gasteiger partial charge on any atom is -0.469 e. The first kappa shape index (κ1) is 17.7. The van der Waals surface area contributed by atoms with Gasteiger partial charge in [-0.25, -0.2) is 4.79 Å². The quantitative estimate of drug-likeness (QED) is 0.658. The maximum Gasteiger partial charge on any atom is 0.407 e. The molecule has 1 aliphatic rings. The van der Waals surface area contributed by atoms with Crippen molar-refractivity contribution in [1.29, 1.82) is 0 Å². The lowest BCUT2D eigenvalue weighted by atomic mass is 9.90. The number of piperidine rings is 1. The number of hydrogen-bond acceptors (Lipinski definition) is 6. The third-order valence-electron chi connectivity index (χ3n) is 3.64. The smallest absolute Gasteiger partial charge is 0.407 e. The summed E-state index contributed by atoms with van der Waals surface area (Å²) in [5, 5.41) is 2.88. The molecule has 1 rings (SSSR count). The second-order valence-electron chi connectivity index (χ2n) is 5.33. The Morgan fingerprint density at radius 3 is 2.76 bits per heavy atom. The summed E-state index contributed by atoms with van der Waals surface area (Å²) in [5.74, 6) is 0.150. The van der Waals surface area contributed by atoms with Gasteiger partial charge in [-0.05, 0) is 25.7 Å². The van der Waals surface area contributed by atoms with Gasteiger partial charge in [0, 0.05) is 38.6 Å². The van der Waals surface area contributed by atoms with Crippen LogP contribution in [-0.4, -0.2) is 62.9 Å². The monoisotopic (exact) mass is 301 g/mol. The lowest BCUT2D eigenvalue weighted by Crippen LogP contribution is -2.52. The fourth-order valence-corrected chi connectivity index (χ4v) is 2.75. The highest BCUT2D eigenvalue weighted by Gasteiger charge is 2.28. The molecule has 1 heterocycles. The second kappa shape index (κ2) is 9.57. The van der Waals surface area contributed by atoms with Crippen molar-refractivity contribution in [3.8, 4) is 0 Å². The van der Waals surface area contributed by atoms with Gasteiger partial charge in [0.1, 0.15) is 0 Å². The molecule has 7 nitrogen and oxygen atoms in total. The van der Waals surface area contributed by atoms with Crippen molar-refractivity contribution in [2.45, 2.75) is 32.2 Å². The summed E-state index contributed by atoms with van der Waals surface area (Å²) in [6, 6.07) is 0.0343. The molecule has 0 spiro atoms. The van der Waals surface area contributed by atoms with Crippen LogP contribution in [0.15, 0.2) is 0 Å². The Hall–Kier alpha value is -1.34. The summed E-state index contributed by atoms with van der Waals surface area (Å²) in [4.78, 5) is 25.0. The first-order valence-electron chi connectivity index (χ1n) is 7.51. The zero-order chi connectivity index (χ0) is 15.7. The second-order valence-corrected chi connectivity index (χ2v) is 5.33. The van der Waals surface area contributed by atoms with E-state index in [0.29, 0.717) is 25.5 Å². The molecule has 0 aromatic carbocycles. The molecule has 2 atom stereocenters. The number of nitrogens with zero attached hydrogens (tertiary/aromatic N) is 1. The van der Waals surface area contributed by atoms with Crippen LogP contribution in [0.5, 0.6) is 0 Å². The summed E-state index contributed by atoms with van der Waals surface area (Å²) in [7, 11) is 1.40. The molecule has 1 saturated heterocycles. The third kappa shape index (κ3) is 6.77. The molecule has 21 heavy (non-hydrogen) atoms. The van der Waals surface area contributed by atoms with Crippen molar-refractivity contribution in [2.24, 2.45) is 11.7 Å². The zero-order valence-corrected chi connectivity index (χ0v) is 13.0. The molecule has 7 heteroatoms. The topological polar surface area (TPSA) is 93.9 Å². The first-order valence-corrected chi connectivity index (χ1v) is 7.51. The minimum atomic E-state index is -0.385. The van der Waals surface area contributed by atoms with Gasteiger partial charge in [-0.2, -0.15) is 0 Å². The molecule has 0 saturated carbocycles. The van der Waals surface area contributed by atoms with Crippen LogP contribution in [0.2, 0.25) is 0 Å². The molecule has 3 N–H and O–H groups in total. The number of carbonyl (C=O) groups excluding carboxylic acids is 2. The molecule has 122 valence electrons. The van der Waals surface area contributed by atoms with E-state index in [0.717, 1.165) is 32.5 Å². The van der Waals surface area contributed by atoms with E-state index in [-0.39, 0.29) is 18.1 Å². The van der Waals surface area contributed by atoms with Crippen molar-refractivity contribution in [3.05, 3.63) is 0 Å². The molecule has 0 radical (unpaired) electrons. The third-order valence-corrected chi connectivity index (χ3v) is 3.64. The molecule has 0 bridgehead atoms. The number of nitrogens with one attached hydrogen (secondary N) is 1. The number of amides is 1. The molecule has 1 aliphatic heterocycles. The van der Waals surface area contributed by atoms with E-state index in [2.05, 4.69) is 15.0 Å². The van der Waals surface area contributed by atoms with Crippen LogP contribution < -0.4 is 11.1 Å². The summed E-state index contributed by atoms with van der Waals surface area (Å²) in [6.07, 6.45) is 1.62. The van der Waals surface area contributed by atoms with Gasteiger partial charge in [0.05, 0.1) is 13.7 Å². The molecule has 1 fully saturated rings. The Bertz CT molecular complexity index is 338. The van der Waals surface area contributed by atoms with Crippen molar-refractivity contribution in [2.75, 3.05) is 39.9 Å². The van der Waals surface area contributed by atoms with Crippen molar-refractivity contribution in [3.63, 3.8) is 0 Å². The van der Waals surface area contributed by atoms with Crippen LogP contribution in [0.1, 0.15) is 26.2 Å². The number of rotatable bonds is 7. The van der Waals surface area contributed by atoms with E-state index in [4.69, 9.17) is 10.5 Å². The lowest BCUT2D eigenvalue weighted by Gasteiger charge is -2.37. The number of methoxy groups -OCH3 is 1. The van der Waals surface area contributed by atoms with Gasteiger partial charge in [0.2, 0.25) is 0 Å². The average Bonchev–Trinajstić information content (AvgIpc) is 2.45. The zero-order valence-electron chi connectivity index (χ0n) is 13.0. The Morgan fingerprint density at radius 2 is 2.14 bits per heavy atom. The summed E-state index contributed by atoms with van der Waals surface area (Å²) in [5.41, 5.74) is 5.62. The molecule has 0 aromatic rings. The Morgan fingerprint density at radius 1 is 1.38 bits per heavy atom. The van der Waals surface area contributed by atoms with Crippen LogP contribution >= 0.6 is 0 Å². The molecule has 1 amide bonds. The minimum absolute atomic E-state index is 0.0343. The van der Waals surface area contributed by atoms with Gasteiger partial charge in [-0.3, -0.25) is 9.69 Å². The number of carbonyl (C=O) groups is 2. The van der Waals surface area contributed by atoms with Crippen molar-refractivity contribution >= 4 is 12.1 Å². The fraction of sp³-hybridized carbons (Fsp3) is 0.857. The number of alkyl carbamates (subject to hydrolysis) is 1. The Balaban J connectivity index is 2.50. The van der Waals surface area contributed by atoms with E-state index in [1.807, 2.05) is 0 Å². The summed E-state index contributed by atoms with van der Waals surface area (Å²) < 4.78 is 9.60. The van der Waals surface area contributed by atoms with Gasteiger partial charge in [0.15, 0.2) is 0 Å². The molecular weight excluding hydrogens is 274 g/mol. The van der Waals surface area contributed by atoms with E-state index in [9.17, 15) is 9.59 Å². The van der Waals surface area contributed by atoms with Gasteiger partial charge < -0.3 is 20.5 Å². The van der Waals surface area contributed by atoms with Crippen LogP contribution in [0, 0.1) is 5.92 Å². The van der Waals surface area contributed by atoms with E-state index < -0.39 is 0 Å². The van der Waals surface area contributed by atoms with E-state index >= 15 is 0 Å². The van der Waals surface area contributed by atoms with E-state index in [1.165, 1.54) is 7.11 Å². The number of likely N-dealkylation sites (tertiary alicyclic amines) is 1. The van der Waals surface area contributed by atoms with Gasteiger partial charge in [-0.1, -0.05) is 0 Å². The molecule has 2 unspecified atom stereocenters. The van der Waals surface area contributed by atoms with Crippen LogP contribution in [0.4, 0.5) is 4.79 Å². The highest BCUT2D eigenvalue weighted by atomic mass is 16.5. The predicted molar refractivity (Wildman–Crippen MR) is 78.8 cm³/mol. The predicted octanol–water partition coefficient (Wildman–Crippen LogP) is 0.335. The van der Waals surface area contributed by atoms with Crippen LogP contribution in [-0.2, 0) is 14.3 Å². The van der Waals surface area contributed by atoms with E-state index in [1.54, 1.807) is 6.92 Å². The van der Waals surface area contributed by atoms with Crippen molar-refractivity contribution in [1.82, 2.24) is 10.2 Å². The largest absolute Gasteiger partial charge is 0.469 e. The highest BCUT2D eigenvalue weighted by Crippen LogP contribution is 2.21. The standard InChI is InChI=1S/C14H27N3O4/c1-3-21-14(19)16-12-8-11(4-5-13(18)20-2)9-17(10-12)7-6-15/h11-12H,3-10,15H2,1-2H3,(H,16,19). The molecule has 0 aliphatic carbocycles. The summed E-state index contributed by atoms with van der Waals surface area (Å²) in [6.45, 7) is 5.17. The van der Waals surface area contributed by atoms with Crippen molar-refractivity contribution < 1.29 is 19.1 Å². The average molecular weight is 301 g/mol. The Labute approximate surface area is 126 Å². The molecule has 0 aromatic heterocycles. The van der Waals surface area contributed by atoms with Crippen LogP contribution in [0.25, 0.3) is 0 Å². The molecular formula is C14H27N3O4. The normalized spacial score (nSPS) is 22.6. The number of hydrogen-bond donors (Lipinski definition) is 2. The fourth-order valence-electron chi connectivity index (χ4n) is 2.75. The van der Waals surface area contributed by atoms with Gasteiger partial charge >= 0.3 is 12.1 Å². The lowest BCUT2D eigenvalue weighted by molar-refractivity contribution is -0.141. The maximum atomic E-state index is 11.5. The highest BCUT2D eigenvalue weighted by molar-refractivity contribution is 5.69. The number of nitrogens with two attached hydrogens (primary N) is 1. The summed E-state index contributed by atoms with van der Waals surface area (Å²) >= 11 is 0. The SMILES string of the molecule is CCOC(=O)NC1CC(CCC(=O)OC)CN(CCN)C1. The van der Waals surface area contributed by atoms with Crippen LogP contribution in [0.3, 0.4) is 0 Å². The van der Waals surface area contributed by atoms with Gasteiger partial charge in [-0.15, -0.1) is 0 Å². The Kier molecular flexibility index (Phi) is 8.07. The maximum absolute atomic E-state index is 11.5. The van der Waals surface area contributed by atoms with Gasteiger partial charge in [0.25, 0.3) is 0 Å².